The number of aromatic hydroxyl groups is 1. The van der Waals surface area contributed by atoms with Gasteiger partial charge in [0.05, 0.1) is 37.5 Å². The SMILES string of the molecule is COc1cc(C2C3=C(OC4CCC(F)CC4C3=O)C(=O)N2Cc2ccco2)ccc1O. The highest BCUT2D eigenvalue weighted by Gasteiger charge is 2.53. The molecule has 1 aromatic carbocycles. The molecule has 4 atom stereocenters. The number of Topliss-reactive ketones (excluding diaryl/α,β-unsaturated/α-hetero) is 1. The van der Waals surface area contributed by atoms with Crippen LogP contribution in [0.5, 0.6) is 11.5 Å². The molecule has 2 aliphatic heterocycles. The summed E-state index contributed by atoms with van der Waals surface area (Å²) in [6.07, 6.45) is 0.787. The molecule has 4 unspecified atom stereocenters. The molecule has 1 saturated carbocycles. The highest BCUT2D eigenvalue weighted by molar-refractivity contribution is 6.11. The lowest BCUT2D eigenvalue weighted by molar-refractivity contribution is -0.136. The van der Waals surface area contributed by atoms with Crippen LogP contribution in [0.2, 0.25) is 0 Å². The van der Waals surface area contributed by atoms with Gasteiger partial charge in [-0.3, -0.25) is 9.59 Å². The summed E-state index contributed by atoms with van der Waals surface area (Å²) in [6.45, 7) is 0.129. The third-order valence-electron chi connectivity index (χ3n) is 6.30. The molecule has 0 saturated heterocycles. The number of hydrogen-bond acceptors (Lipinski definition) is 6. The van der Waals surface area contributed by atoms with E-state index in [0.29, 0.717) is 24.2 Å². The van der Waals surface area contributed by atoms with E-state index in [1.54, 1.807) is 24.3 Å². The summed E-state index contributed by atoms with van der Waals surface area (Å²) in [4.78, 5) is 28.4. The molecule has 7 nitrogen and oxygen atoms in total. The summed E-state index contributed by atoms with van der Waals surface area (Å²) in [5.41, 5.74) is 0.821. The predicted molar refractivity (Wildman–Crippen MR) is 106 cm³/mol. The first-order valence-electron chi connectivity index (χ1n) is 10.3. The summed E-state index contributed by atoms with van der Waals surface area (Å²) >= 11 is 0. The zero-order valence-electron chi connectivity index (χ0n) is 16.9. The smallest absolute Gasteiger partial charge is 0.290 e. The number of methoxy groups -OCH3 is 1. The van der Waals surface area contributed by atoms with Gasteiger partial charge in [0.1, 0.15) is 18.0 Å². The monoisotopic (exact) mass is 427 g/mol. The number of halogens is 1. The van der Waals surface area contributed by atoms with Crippen LogP contribution < -0.4 is 4.74 Å². The van der Waals surface area contributed by atoms with Crippen LogP contribution in [0.25, 0.3) is 0 Å². The van der Waals surface area contributed by atoms with Gasteiger partial charge in [-0.1, -0.05) is 6.07 Å². The van der Waals surface area contributed by atoms with Gasteiger partial charge in [0.15, 0.2) is 23.0 Å². The number of rotatable bonds is 4. The molecule has 2 aromatic rings. The first-order chi connectivity index (χ1) is 15.0. The Bertz CT molecular complexity index is 1060. The number of alkyl halides is 1. The quantitative estimate of drug-likeness (QED) is 0.804. The minimum atomic E-state index is -1.06. The number of phenolic OH excluding ortho intramolecular Hbond substituents is 1. The first-order valence-corrected chi connectivity index (χ1v) is 10.3. The Morgan fingerprint density at radius 2 is 2.10 bits per heavy atom. The van der Waals surface area contributed by atoms with Crippen LogP contribution in [-0.2, 0) is 20.9 Å². The fourth-order valence-electron chi connectivity index (χ4n) is 4.81. The fourth-order valence-corrected chi connectivity index (χ4v) is 4.81. The summed E-state index contributed by atoms with van der Waals surface area (Å²) in [5.74, 6) is -0.509. The highest BCUT2D eigenvalue weighted by Crippen LogP contribution is 2.48. The van der Waals surface area contributed by atoms with Crippen molar-refractivity contribution in [3.63, 3.8) is 0 Å². The Morgan fingerprint density at radius 1 is 1.26 bits per heavy atom. The molecule has 5 rings (SSSR count). The average molecular weight is 427 g/mol. The molecule has 0 bridgehead atoms. The lowest BCUT2D eigenvalue weighted by atomic mass is 9.77. The van der Waals surface area contributed by atoms with Crippen molar-refractivity contribution in [1.82, 2.24) is 4.90 Å². The van der Waals surface area contributed by atoms with Crippen LogP contribution in [0, 0.1) is 5.92 Å². The van der Waals surface area contributed by atoms with Crippen LogP contribution in [-0.4, -0.2) is 41.1 Å². The second-order valence-corrected chi connectivity index (χ2v) is 8.13. The van der Waals surface area contributed by atoms with Crippen molar-refractivity contribution in [2.45, 2.75) is 44.1 Å². The molecule has 31 heavy (non-hydrogen) atoms. The Labute approximate surface area is 178 Å². The Kier molecular flexibility index (Phi) is 4.72. The van der Waals surface area contributed by atoms with E-state index in [1.165, 1.54) is 24.3 Å². The number of hydrogen-bond donors (Lipinski definition) is 1. The van der Waals surface area contributed by atoms with Gasteiger partial charge in [-0.05, 0) is 49.1 Å². The maximum Gasteiger partial charge on any atom is 0.290 e. The van der Waals surface area contributed by atoms with Crippen LogP contribution in [0.3, 0.4) is 0 Å². The Hall–Kier alpha value is -3.29. The normalized spacial score (nSPS) is 27.7. The fraction of sp³-hybridized carbons (Fsp3) is 0.391. The number of fused-ring (bicyclic) bond motifs is 1. The maximum absolute atomic E-state index is 14.1. The van der Waals surface area contributed by atoms with E-state index in [9.17, 15) is 19.1 Å². The number of phenols is 1. The molecule has 3 aliphatic rings. The molecule has 1 fully saturated rings. The second-order valence-electron chi connectivity index (χ2n) is 8.13. The molecule has 8 heteroatoms. The molecule has 1 amide bonds. The van der Waals surface area contributed by atoms with Crippen LogP contribution in [0.15, 0.2) is 52.3 Å². The third-order valence-corrected chi connectivity index (χ3v) is 6.30. The lowest BCUT2D eigenvalue weighted by Crippen LogP contribution is -2.42. The number of carbonyl (C=O) groups excluding carboxylic acids is 2. The largest absolute Gasteiger partial charge is 0.504 e. The van der Waals surface area contributed by atoms with Crippen LogP contribution in [0.4, 0.5) is 4.39 Å². The van der Waals surface area contributed by atoms with Gasteiger partial charge in [0, 0.05) is 0 Å². The second kappa shape index (κ2) is 7.44. The number of amides is 1. The number of carbonyl (C=O) groups is 2. The van der Waals surface area contributed by atoms with Gasteiger partial charge in [-0.25, -0.2) is 4.39 Å². The summed E-state index contributed by atoms with van der Waals surface area (Å²) in [7, 11) is 1.42. The standard InChI is InChI=1S/C23H22FNO6/c1-29-18-9-12(4-6-16(18)26)20-19-21(27)15-10-13(24)5-7-17(15)31-22(19)23(28)25(20)11-14-3-2-8-30-14/h2-4,6,8-9,13,15,17,20,26H,5,7,10-11H2,1H3. The minimum absolute atomic E-state index is 0.0344. The van der Waals surface area contributed by atoms with E-state index in [1.807, 2.05) is 0 Å². The van der Waals surface area contributed by atoms with Gasteiger partial charge in [-0.15, -0.1) is 0 Å². The zero-order valence-corrected chi connectivity index (χ0v) is 16.9. The summed E-state index contributed by atoms with van der Waals surface area (Å²) < 4.78 is 30.7. The van der Waals surface area contributed by atoms with Crippen molar-refractivity contribution in [1.29, 1.82) is 0 Å². The van der Waals surface area contributed by atoms with Gasteiger partial charge < -0.3 is 23.9 Å². The number of ketones is 1. The van der Waals surface area contributed by atoms with Gasteiger partial charge in [0.25, 0.3) is 5.91 Å². The van der Waals surface area contributed by atoms with Crippen molar-refractivity contribution in [3.8, 4) is 11.5 Å². The number of benzene rings is 1. The van der Waals surface area contributed by atoms with Crippen molar-refractivity contribution in [3.05, 3.63) is 59.3 Å². The van der Waals surface area contributed by atoms with Crippen LogP contribution >= 0.6 is 0 Å². The molecular formula is C23H22FNO6. The topological polar surface area (TPSA) is 89.2 Å². The third kappa shape index (κ3) is 3.17. The van der Waals surface area contributed by atoms with E-state index in [-0.39, 0.29) is 41.6 Å². The minimum Gasteiger partial charge on any atom is -0.504 e. The van der Waals surface area contributed by atoms with Crippen molar-refractivity contribution in [2.75, 3.05) is 7.11 Å². The van der Waals surface area contributed by atoms with Gasteiger partial charge in [-0.2, -0.15) is 0 Å². The average Bonchev–Trinajstić information content (AvgIpc) is 3.37. The van der Waals surface area contributed by atoms with Gasteiger partial charge in [0.2, 0.25) is 0 Å². The molecule has 1 aliphatic carbocycles. The lowest BCUT2D eigenvalue weighted by Gasteiger charge is -2.36. The molecule has 162 valence electrons. The Balaban J connectivity index is 1.60. The highest BCUT2D eigenvalue weighted by atomic mass is 19.1. The molecule has 1 aromatic heterocycles. The van der Waals surface area contributed by atoms with E-state index in [4.69, 9.17) is 13.9 Å². The van der Waals surface area contributed by atoms with E-state index in [2.05, 4.69) is 0 Å². The van der Waals surface area contributed by atoms with E-state index >= 15 is 0 Å². The predicted octanol–water partition coefficient (Wildman–Crippen LogP) is 3.44. The van der Waals surface area contributed by atoms with Crippen LogP contribution in [0.1, 0.15) is 36.6 Å². The summed E-state index contributed by atoms with van der Waals surface area (Å²) in [6, 6.07) is 7.40. The van der Waals surface area contributed by atoms with E-state index < -0.39 is 30.1 Å². The van der Waals surface area contributed by atoms with Crippen molar-refractivity contribution < 1.29 is 33.0 Å². The van der Waals surface area contributed by atoms with Crippen molar-refractivity contribution in [2.24, 2.45) is 5.92 Å². The first kappa shape index (κ1) is 19.7. The van der Waals surface area contributed by atoms with Crippen molar-refractivity contribution >= 4 is 11.7 Å². The molecular weight excluding hydrogens is 405 g/mol. The molecule has 0 spiro atoms. The molecule has 1 N–H and O–H groups in total. The number of furan rings is 1. The molecule has 3 heterocycles. The maximum atomic E-state index is 14.1. The summed E-state index contributed by atoms with van der Waals surface area (Å²) in [5, 5.41) is 10.0. The zero-order chi connectivity index (χ0) is 21.7. The Morgan fingerprint density at radius 3 is 2.84 bits per heavy atom. The molecule has 0 radical (unpaired) electrons. The van der Waals surface area contributed by atoms with Gasteiger partial charge >= 0.3 is 0 Å². The van der Waals surface area contributed by atoms with E-state index in [0.717, 1.165) is 0 Å². The number of nitrogens with zero attached hydrogens (tertiary/aromatic N) is 1. The number of ether oxygens (including phenoxy) is 2.